The number of phosphoric ester groups is 1. The predicted octanol–water partition coefficient (Wildman–Crippen LogP) is 7.93. The molecule has 0 rings (SSSR count). The lowest BCUT2D eigenvalue weighted by Gasteiger charge is -2.15. The number of esters is 1. The van der Waals surface area contributed by atoms with Crippen LogP contribution in [0.3, 0.4) is 0 Å². The summed E-state index contributed by atoms with van der Waals surface area (Å²) in [7, 11) is -4.40. The molecule has 2 atom stereocenters. The number of phosphoric acid groups is 1. The van der Waals surface area contributed by atoms with E-state index < -0.39 is 26.5 Å². The van der Waals surface area contributed by atoms with Crippen LogP contribution in [0.25, 0.3) is 0 Å². The van der Waals surface area contributed by atoms with E-state index >= 15 is 0 Å². The highest BCUT2D eigenvalue weighted by Crippen LogP contribution is 2.42. The monoisotopic (exact) mass is 619 g/mol. The van der Waals surface area contributed by atoms with Crippen molar-refractivity contribution in [2.75, 3.05) is 26.4 Å². The molecule has 0 spiro atoms. The molecule has 0 aromatic heterocycles. The molecule has 0 aromatic carbocycles. The number of hydrogen-bond donors (Lipinski definition) is 3. The fourth-order valence-corrected chi connectivity index (χ4v) is 5.13. The Hall–Kier alpha value is -1.25. The Morgan fingerprint density at radius 1 is 0.714 bits per heavy atom. The number of allylic oxidation sites excluding steroid dienone is 2. The van der Waals surface area contributed by atoms with Crippen molar-refractivity contribution in [1.29, 1.82) is 0 Å². The zero-order valence-corrected chi connectivity index (χ0v) is 27.6. The number of nitrogens with one attached hydrogen (secondary N) is 1. The summed E-state index contributed by atoms with van der Waals surface area (Å²) in [4.78, 5) is 33.5. The summed E-state index contributed by atoms with van der Waals surface area (Å²) in [6.07, 6.45) is 25.8. The Bertz CT molecular complexity index is 719. The van der Waals surface area contributed by atoms with Gasteiger partial charge in [0.1, 0.15) is 12.7 Å². The van der Waals surface area contributed by atoms with E-state index in [1.165, 1.54) is 64.2 Å². The molecule has 0 saturated heterocycles. The Morgan fingerprint density at radius 2 is 1.21 bits per heavy atom. The van der Waals surface area contributed by atoms with Crippen molar-refractivity contribution in [3.63, 3.8) is 0 Å². The second-order valence-corrected chi connectivity index (χ2v) is 12.6. The number of hydrogen-bond acceptors (Lipinski definition) is 7. The van der Waals surface area contributed by atoms with E-state index in [1.807, 2.05) is 0 Å². The average molecular weight is 620 g/mol. The number of ether oxygens (including phenoxy) is 1. The molecule has 0 aliphatic rings. The van der Waals surface area contributed by atoms with Crippen molar-refractivity contribution in [2.24, 2.45) is 0 Å². The zero-order valence-electron chi connectivity index (χ0n) is 26.7. The lowest BCUT2D eigenvalue weighted by molar-refractivity contribution is -0.147. The molecule has 0 aliphatic carbocycles. The molecule has 0 bridgehead atoms. The van der Waals surface area contributed by atoms with Gasteiger partial charge in [0, 0.05) is 19.4 Å². The third kappa shape index (κ3) is 30.2. The van der Waals surface area contributed by atoms with Gasteiger partial charge in [-0.2, -0.15) is 0 Å². The Kier molecular flexibility index (Phi) is 28.9. The van der Waals surface area contributed by atoms with Gasteiger partial charge >= 0.3 is 13.8 Å². The van der Waals surface area contributed by atoms with E-state index in [-0.39, 0.29) is 32.1 Å². The van der Waals surface area contributed by atoms with Crippen molar-refractivity contribution in [3.05, 3.63) is 12.2 Å². The molecule has 9 nitrogen and oxygen atoms in total. The van der Waals surface area contributed by atoms with Crippen molar-refractivity contribution in [3.8, 4) is 0 Å². The van der Waals surface area contributed by atoms with Gasteiger partial charge in [0.05, 0.1) is 13.2 Å². The lowest BCUT2D eigenvalue weighted by Crippen LogP contribution is -2.27. The van der Waals surface area contributed by atoms with Gasteiger partial charge in [0.25, 0.3) is 0 Å². The normalized spacial score (nSPS) is 13.7. The summed E-state index contributed by atoms with van der Waals surface area (Å²) in [5.74, 6) is -0.530. The van der Waals surface area contributed by atoms with Crippen LogP contribution in [0.2, 0.25) is 0 Å². The molecular formula is C32H62NO8P. The van der Waals surface area contributed by atoms with E-state index in [4.69, 9.17) is 13.8 Å². The fourth-order valence-electron chi connectivity index (χ4n) is 4.37. The minimum absolute atomic E-state index is 0.0835. The molecule has 3 N–H and O–H groups in total. The quantitative estimate of drug-likeness (QED) is 0.0309. The van der Waals surface area contributed by atoms with E-state index in [2.05, 4.69) is 31.3 Å². The highest BCUT2D eigenvalue weighted by atomic mass is 31.2. The van der Waals surface area contributed by atoms with Crippen LogP contribution in [0.1, 0.15) is 149 Å². The standard InChI is InChI=1S/C32H62NO8P/c1-3-5-7-9-11-13-14-15-16-17-19-21-23-25-32(36)39-28-30(34)29-41-42(37,38)40-27-26-33-31(35)24-22-20-18-12-10-8-6-4-2/h13-14,30,34H,3-12,15-29H2,1-2H3,(H,33,35)(H,37,38)/b14-13-. The molecule has 0 radical (unpaired) electrons. The Morgan fingerprint density at radius 3 is 1.81 bits per heavy atom. The number of aliphatic hydroxyl groups excluding tert-OH is 1. The van der Waals surface area contributed by atoms with Crippen molar-refractivity contribution < 1.29 is 37.9 Å². The SMILES string of the molecule is CCCCCC/C=C\CCCCCCCC(=O)OCC(O)COP(=O)(O)OCCNC(=O)CCCCCCCCCC. The number of carbonyl (C=O) groups excluding carboxylic acids is 2. The number of unbranched alkanes of at least 4 members (excludes halogenated alkanes) is 16. The van der Waals surface area contributed by atoms with Crippen LogP contribution in [0.4, 0.5) is 0 Å². The second-order valence-electron chi connectivity index (χ2n) is 11.1. The van der Waals surface area contributed by atoms with Gasteiger partial charge in [-0.15, -0.1) is 0 Å². The molecule has 0 saturated carbocycles. The molecule has 2 unspecified atom stereocenters. The van der Waals surface area contributed by atoms with Gasteiger partial charge < -0.3 is 20.1 Å². The van der Waals surface area contributed by atoms with E-state index in [0.717, 1.165) is 57.8 Å². The van der Waals surface area contributed by atoms with Crippen molar-refractivity contribution in [2.45, 2.75) is 155 Å². The summed E-state index contributed by atoms with van der Waals surface area (Å²) in [6, 6.07) is 0. The van der Waals surface area contributed by atoms with Gasteiger partial charge in [0.15, 0.2) is 0 Å². The summed E-state index contributed by atoms with van der Waals surface area (Å²) in [5.41, 5.74) is 0. The van der Waals surface area contributed by atoms with Crippen LogP contribution in [0.5, 0.6) is 0 Å². The molecule has 0 fully saturated rings. The van der Waals surface area contributed by atoms with Gasteiger partial charge in [-0.1, -0.05) is 109 Å². The van der Waals surface area contributed by atoms with Gasteiger partial charge in [-0.05, 0) is 38.5 Å². The summed E-state index contributed by atoms with van der Waals surface area (Å²) in [6.45, 7) is 3.47. The smallest absolute Gasteiger partial charge is 0.463 e. The first-order valence-corrected chi connectivity index (χ1v) is 18.2. The first-order valence-electron chi connectivity index (χ1n) is 16.7. The number of rotatable bonds is 31. The average Bonchev–Trinajstić information content (AvgIpc) is 2.97. The summed E-state index contributed by atoms with van der Waals surface area (Å²) >= 11 is 0. The maximum Gasteiger partial charge on any atom is 0.472 e. The second kappa shape index (κ2) is 29.8. The predicted molar refractivity (Wildman–Crippen MR) is 169 cm³/mol. The molecule has 10 heteroatoms. The maximum atomic E-state index is 12.0. The third-order valence-corrected chi connectivity index (χ3v) is 7.93. The molecular weight excluding hydrogens is 557 g/mol. The van der Waals surface area contributed by atoms with Crippen LogP contribution in [-0.4, -0.2) is 54.3 Å². The molecule has 0 heterocycles. The first-order chi connectivity index (χ1) is 20.3. The third-order valence-electron chi connectivity index (χ3n) is 6.95. The molecule has 0 aliphatic heterocycles. The number of aliphatic hydroxyl groups is 1. The van der Waals surface area contributed by atoms with Crippen LogP contribution < -0.4 is 5.32 Å². The van der Waals surface area contributed by atoms with Crippen molar-refractivity contribution in [1.82, 2.24) is 5.32 Å². The van der Waals surface area contributed by atoms with Crippen LogP contribution >= 0.6 is 7.82 Å². The largest absolute Gasteiger partial charge is 0.472 e. The highest BCUT2D eigenvalue weighted by Gasteiger charge is 2.23. The minimum atomic E-state index is -4.40. The Labute approximate surface area is 256 Å². The van der Waals surface area contributed by atoms with Gasteiger partial charge in [-0.25, -0.2) is 4.57 Å². The van der Waals surface area contributed by atoms with Crippen LogP contribution in [0.15, 0.2) is 12.2 Å². The van der Waals surface area contributed by atoms with Gasteiger partial charge in [0.2, 0.25) is 5.91 Å². The van der Waals surface area contributed by atoms with Crippen LogP contribution in [-0.2, 0) is 27.9 Å². The molecule has 0 aromatic rings. The summed E-state index contributed by atoms with van der Waals surface area (Å²) < 4.78 is 26.6. The summed E-state index contributed by atoms with van der Waals surface area (Å²) in [5, 5.41) is 12.6. The first kappa shape index (κ1) is 40.8. The van der Waals surface area contributed by atoms with E-state index in [0.29, 0.717) is 6.42 Å². The minimum Gasteiger partial charge on any atom is -0.463 e. The zero-order chi connectivity index (χ0) is 31.2. The van der Waals surface area contributed by atoms with Gasteiger partial charge in [-0.3, -0.25) is 18.6 Å². The number of carbonyl (C=O) groups is 2. The topological polar surface area (TPSA) is 131 Å². The Balaban J connectivity index is 3.66. The van der Waals surface area contributed by atoms with Crippen LogP contribution in [0, 0.1) is 0 Å². The van der Waals surface area contributed by atoms with E-state index in [9.17, 15) is 24.2 Å². The lowest BCUT2D eigenvalue weighted by atomic mass is 10.1. The maximum absolute atomic E-state index is 12.0. The molecule has 248 valence electrons. The molecule has 42 heavy (non-hydrogen) atoms. The molecule has 1 amide bonds. The van der Waals surface area contributed by atoms with Crippen molar-refractivity contribution >= 4 is 19.7 Å². The highest BCUT2D eigenvalue weighted by molar-refractivity contribution is 7.47. The number of amides is 1. The van der Waals surface area contributed by atoms with E-state index in [1.54, 1.807) is 0 Å². The fraction of sp³-hybridized carbons (Fsp3) is 0.875.